The monoisotopic (exact) mass is 345 g/mol. The molecule has 0 spiro atoms. The van der Waals surface area contributed by atoms with Crippen molar-refractivity contribution < 1.29 is 0 Å². The Bertz CT molecular complexity index is 652. The minimum atomic E-state index is 0.442. The molecule has 1 aliphatic heterocycles. The van der Waals surface area contributed by atoms with E-state index in [1.165, 1.54) is 22.5 Å². The highest BCUT2D eigenvalue weighted by Crippen LogP contribution is 2.24. The van der Waals surface area contributed by atoms with Gasteiger partial charge in [-0.1, -0.05) is 48.0 Å². The molecule has 0 amide bonds. The summed E-state index contributed by atoms with van der Waals surface area (Å²) in [5, 5.41) is 3.41. The Labute approximate surface area is 134 Å². The fourth-order valence-corrected chi connectivity index (χ4v) is 3.24. The number of rotatable bonds is 3. The van der Waals surface area contributed by atoms with Crippen molar-refractivity contribution in [3.63, 3.8) is 0 Å². The van der Waals surface area contributed by atoms with Crippen molar-refractivity contribution >= 4 is 15.9 Å². The lowest BCUT2D eigenvalue weighted by Gasteiger charge is -2.21. The highest BCUT2D eigenvalue weighted by Gasteiger charge is 2.19. The third-order valence-corrected chi connectivity index (χ3v) is 4.64. The molecule has 0 unspecified atom stereocenters. The maximum atomic E-state index is 4.86. The van der Waals surface area contributed by atoms with E-state index in [0.29, 0.717) is 5.92 Å². The van der Waals surface area contributed by atoms with Crippen LogP contribution in [0.2, 0.25) is 0 Å². The Morgan fingerprint density at radius 3 is 2.81 bits per heavy atom. The van der Waals surface area contributed by atoms with E-state index in [1.807, 2.05) is 6.07 Å². The van der Waals surface area contributed by atoms with E-state index in [4.69, 9.17) is 9.97 Å². The minimum Gasteiger partial charge on any atom is -0.311 e. The first-order valence-corrected chi connectivity index (χ1v) is 8.27. The van der Waals surface area contributed by atoms with Crippen molar-refractivity contribution in [1.29, 1.82) is 0 Å². The molecule has 0 radical (unpaired) electrons. The summed E-state index contributed by atoms with van der Waals surface area (Å²) >= 11 is 3.61. The summed E-state index contributed by atoms with van der Waals surface area (Å²) in [6, 6.07) is 8.28. The second kappa shape index (κ2) is 6.24. The van der Waals surface area contributed by atoms with Crippen molar-refractivity contribution in [2.75, 3.05) is 6.54 Å². The maximum Gasteiger partial charge on any atom is 0.133 e. The third kappa shape index (κ3) is 3.16. The number of hydrogen-bond donors (Lipinski definition) is 1. The van der Waals surface area contributed by atoms with Gasteiger partial charge in [0.1, 0.15) is 5.82 Å². The molecule has 0 aliphatic carbocycles. The molecule has 0 atom stereocenters. The molecule has 3 rings (SSSR count). The normalized spacial score (nSPS) is 14.3. The molecule has 0 bridgehead atoms. The number of halogens is 1. The zero-order valence-electron chi connectivity index (χ0n) is 12.5. The smallest absolute Gasteiger partial charge is 0.133 e. The summed E-state index contributed by atoms with van der Waals surface area (Å²) in [6.07, 6.45) is 1.81. The van der Waals surface area contributed by atoms with Crippen LogP contribution in [-0.2, 0) is 19.4 Å². The molecule has 1 aromatic carbocycles. The number of benzene rings is 1. The molecule has 0 saturated carbocycles. The van der Waals surface area contributed by atoms with Crippen LogP contribution in [0.15, 0.2) is 28.7 Å². The van der Waals surface area contributed by atoms with E-state index >= 15 is 0 Å². The van der Waals surface area contributed by atoms with E-state index in [1.54, 1.807) is 0 Å². The molecule has 2 heterocycles. The predicted molar refractivity (Wildman–Crippen MR) is 88.5 cm³/mol. The third-order valence-electron chi connectivity index (χ3n) is 3.87. The van der Waals surface area contributed by atoms with Crippen LogP contribution in [0.1, 0.15) is 48.1 Å². The van der Waals surface area contributed by atoms with Gasteiger partial charge in [0.05, 0.1) is 11.4 Å². The fraction of sp³-hybridized carbons (Fsp3) is 0.412. The van der Waals surface area contributed by atoms with Gasteiger partial charge in [0.25, 0.3) is 0 Å². The number of nitrogens with zero attached hydrogens (tertiary/aromatic N) is 2. The lowest BCUT2D eigenvalue weighted by atomic mass is 9.97. The summed E-state index contributed by atoms with van der Waals surface area (Å²) in [5.41, 5.74) is 5.00. The number of nitrogens with one attached hydrogen (secondary N) is 1. The Morgan fingerprint density at radius 1 is 1.24 bits per heavy atom. The Balaban J connectivity index is 1.99. The lowest BCUT2D eigenvalue weighted by Crippen LogP contribution is -2.27. The van der Waals surface area contributed by atoms with Gasteiger partial charge in [0, 0.05) is 17.4 Å². The second-order valence-electron chi connectivity index (χ2n) is 5.80. The van der Waals surface area contributed by atoms with Crippen LogP contribution in [-0.4, -0.2) is 16.5 Å². The topological polar surface area (TPSA) is 37.8 Å². The first kappa shape index (κ1) is 14.7. The van der Waals surface area contributed by atoms with Gasteiger partial charge < -0.3 is 5.32 Å². The molecule has 21 heavy (non-hydrogen) atoms. The number of hydrogen-bond acceptors (Lipinski definition) is 3. The highest BCUT2D eigenvalue weighted by atomic mass is 79.9. The van der Waals surface area contributed by atoms with E-state index in [2.05, 4.69) is 53.3 Å². The largest absolute Gasteiger partial charge is 0.311 e. The van der Waals surface area contributed by atoms with Crippen LogP contribution in [0.4, 0.5) is 0 Å². The van der Waals surface area contributed by atoms with Gasteiger partial charge in [0.15, 0.2) is 0 Å². The van der Waals surface area contributed by atoms with Gasteiger partial charge in [0.2, 0.25) is 0 Å². The second-order valence-corrected chi connectivity index (χ2v) is 6.65. The van der Waals surface area contributed by atoms with Gasteiger partial charge in [-0.3, -0.25) is 0 Å². The molecule has 110 valence electrons. The van der Waals surface area contributed by atoms with Crippen LogP contribution < -0.4 is 5.32 Å². The van der Waals surface area contributed by atoms with E-state index < -0.39 is 0 Å². The summed E-state index contributed by atoms with van der Waals surface area (Å²) in [5.74, 6) is 1.37. The predicted octanol–water partition coefficient (Wildman–Crippen LogP) is 3.60. The Morgan fingerprint density at radius 2 is 2.05 bits per heavy atom. The Kier molecular flexibility index (Phi) is 4.36. The van der Waals surface area contributed by atoms with Crippen LogP contribution in [0.5, 0.6) is 0 Å². The molecule has 0 saturated heterocycles. The molecule has 4 heteroatoms. The first-order valence-electron chi connectivity index (χ1n) is 7.48. The van der Waals surface area contributed by atoms with Gasteiger partial charge >= 0.3 is 0 Å². The molecular weight excluding hydrogens is 326 g/mol. The van der Waals surface area contributed by atoms with Crippen LogP contribution in [0, 0.1) is 0 Å². The van der Waals surface area contributed by atoms with Gasteiger partial charge in [-0.05, 0) is 36.1 Å². The van der Waals surface area contributed by atoms with Gasteiger partial charge in [-0.15, -0.1) is 0 Å². The zero-order valence-corrected chi connectivity index (χ0v) is 14.1. The van der Waals surface area contributed by atoms with Crippen LogP contribution in [0.3, 0.4) is 0 Å². The van der Waals surface area contributed by atoms with Crippen molar-refractivity contribution in [2.24, 2.45) is 0 Å². The first-order chi connectivity index (χ1) is 10.1. The van der Waals surface area contributed by atoms with Gasteiger partial charge in [-0.25, -0.2) is 9.97 Å². The highest BCUT2D eigenvalue weighted by molar-refractivity contribution is 9.10. The zero-order chi connectivity index (χ0) is 14.8. The van der Waals surface area contributed by atoms with Crippen LogP contribution >= 0.6 is 15.9 Å². The summed E-state index contributed by atoms with van der Waals surface area (Å²) in [7, 11) is 0. The Hall–Kier alpha value is -1.26. The van der Waals surface area contributed by atoms with Crippen molar-refractivity contribution in [1.82, 2.24) is 15.3 Å². The standard InChI is InChI=1S/C17H20BrN3/c1-11(2)17-13-7-8-19-10-15(13)20-16(21-17)9-12-5-3-4-6-14(12)18/h3-6,11,19H,7-10H2,1-2H3. The molecule has 3 nitrogen and oxygen atoms in total. The van der Waals surface area contributed by atoms with E-state index in [9.17, 15) is 0 Å². The van der Waals surface area contributed by atoms with Crippen LogP contribution in [0.25, 0.3) is 0 Å². The fourth-order valence-electron chi connectivity index (χ4n) is 2.81. The molecule has 1 aromatic heterocycles. The van der Waals surface area contributed by atoms with Crippen molar-refractivity contribution in [3.05, 3.63) is 57.1 Å². The average Bonchev–Trinajstić information content (AvgIpc) is 2.48. The molecule has 2 aromatic rings. The maximum absolute atomic E-state index is 4.86. The summed E-state index contributed by atoms with van der Waals surface area (Å²) < 4.78 is 1.12. The molecule has 0 fully saturated rings. The quantitative estimate of drug-likeness (QED) is 0.923. The van der Waals surface area contributed by atoms with Gasteiger partial charge in [-0.2, -0.15) is 0 Å². The van der Waals surface area contributed by atoms with E-state index in [0.717, 1.165) is 36.2 Å². The summed E-state index contributed by atoms with van der Waals surface area (Å²) in [4.78, 5) is 9.66. The van der Waals surface area contributed by atoms with E-state index in [-0.39, 0.29) is 0 Å². The number of fused-ring (bicyclic) bond motifs is 1. The van der Waals surface area contributed by atoms with Crippen molar-refractivity contribution in [3.8, 4) is 0 Å². The molecule has 1 aliphatic rings. The summed E-state index contributed by atoms with van der Waals surface area (Å²) in [6.45, 7) is 6.32. The van der Waals surface area contributed by atoms with Crippen molar-refractivity contribution in [2.45, 2.75) is 39.2 Å². The minimum absolute atomic E-state index is 0.442. The SMILES string of the molecule is CC(C)c1nc(Cc2ccccc2Br)nc2c1CCNC2. The average molecular weight is 346 g/mol. The number of aromatic nitrogens is 2. The lowest BCUT2D eigenvalue weighted by molar-refractivity contribution is 0.601. The molecule has 1 N–H and O–H groups in total. The molecular formula is C17H20BrN3.